The Hall–Kier alpha value is -0.0800. The van der Waals surface area contributed by atoms with Crippen molar-refractivity contribution in [2.45, 2.75) is 96.7 Å². The van der Waals surface area contributed by atoms with Gasteiger partial charge in [0.25, 0.3) is 0 Å². The van der Waals surface area contributed by atoms with E-state index in [1.165, 1.54) is 57.9 Å². The van der Waals surface area contributed by atoms with Crippen LogP contribution in [0.15, 0.2) is 0 Å². The standard InChI is InChI=1S/C18H35NO/c1-4-7-15-10-11-18(20)17(12-15)19(13-14(2)3)16-8-5-6-9-16/h14-18,20H,4-13H2,1-3H3. The monoisotopic (exact) mass is 281 g/mol. The largest absolute Gasteiger partial charge is 0.391 e. The van der Waals surface area contributed by atoms with E-state index in [9.17, 15) is 5.11 Å². The summed E-state index contributed by atoms with van der Waals surface area (Å²) in [5.41, 5.74) is 0. The molecule has 2 fully saturated rings. The molecular weight excluding hydrogens is 246 g/mol. The quantitative estimate of drug-likeness (QED) is 0.788. The molecule has 3 unspecified atom stereocenters. The molecule has 2 aliphatic carbocycles. The Morgan fingerprint density at radius 1 is 1.10 bits per heavy atom. The average molecular weight is 281 g/mol. The maximum atomic E-state index is 10.6. The van der Waals surface area contributed by atoms with E-state index < -0.39 is 0 Å². The summed E-state index contributed by atoms with van der Waals surface area (Å²) in [7, 11) is 0. The molecule has 2 heteroatoms. The zero-order valence-electron chi connectivity index (χ0n) is 13.9. The van der Waals surface area contributed by atoms with Crippen LogP contribution in [0, 0.1) is 11.8 Å². The van der Waals surface area contributed by atoms with Gasteiger partial charge in [-0.2, -0.15) is 0 Å². The summed E-state index contributed by atoms with van der Waals surface area (Å²) in [6.07, 6.45) is 11.6. The number of aliphatic hydroxyl groups is 1. The number of hydrogen-bond donors (Lipinski definition) is 1. The third-order valence-electron chi connectivity index (χ3n) is 5.38. The third-order valence-corrected chi connectivity index (χ3v) is 5.38. The zero-order valence-corrected chi connectivity index (χ0v) is 13.9. The van der Waals surface area contributed by atoms with Crippen molar-refractivity contribution in [3.63, 3.8) is 0 Å². The van der Waals surface area contributed by atoms with E-state index in [-0.39, 0.29) is 6.10 Å². The fourth-order valence-corrected chi connectivity index (χ4v) is 4.45. The summed E-state index contributed by atoms with van der Waals surface area (Å²) >= 11 is 0. The van der Waals surface area contributed by atoms with Gasteiger partial charge in [-0.05, 0) is 43.9 Å². The summed E-state index contributed by atoms with van der Waals surface area (Å²) < 4.78 is 0. The molecule has 0 heterocycles. The van der Waals surface area contributed by atoms with E-state index in [1.807, 2.05) is 0 Å². The van der Waals surface area contributed by atoms with Crippen molar-refractivity contribution in [3.05, 3.63) is 0 Å². The molecule has 20 heavy (non-hydrogen) atoms. The summed E-state index contributed by atoms with van der Waals surface area (Å²) in [4.78, 5) is 2.71. The minimum atomic E-state index is -0.0811. The van der Waals surface area contributed by atoms with Crippen molar-refractivity contribution in [1.29, 1.82) is 0 Å². The van der Waals surface area contributed by atoms with E-state index in [2.05, 4.69) is 25.7 Å². The molecule has 0 aromatic carbocycles. The third kappa shape index (κ3) is 4.21. The molecule has 118 valence electrons. The highest BCUT2D eigenvalue weighted by molar-refractivity contribution is 4.91. The first-order valence-electron chi connectivity index (χ1n) is 9.05. The highest BCUT2D eigenvalue weighted by atomic mass is 16.3. The van der Waals surface area contributed by atoms with Crippen LogP contribution in [-0.4, -0.2) is 34.7 Å². The van der Waals surface area contributed by atoms with E-state index in [1.54, 1.807) is 0 Å². The van der Waals surface area contributed by atoms with Crippen LogP contribution in [0.2, 0.25) is 0 Å². The Bertz CT molecular complexity index is 273. The molecule has 2 saturated carbocycles. The van der Waals surface area contributed by atoms with Crippen molar-refractivity contribution in [2.24, 2.45) is 11.8 Å². The highest BCUT2D eigenvalue weighted by Crippen LogP contribution is 2.35. The van der Waals surface area contributed by atoms with E-state index in [4.69, 9.17) is 0 Å². The molecule has 0 aromatic rings. The van der Waals surface area contributed by atoms with Gasteiger partial charge in [-0.1, -0.05) is 46.5 Å². The SMILES string of the molecule is CCCC1CCC(O)C(N(CC(C)C)C2CCCC2)C1. The normalized spacial score (nSPS) is 32.4. The molecule has 0 radical (unpaired) electrons. The lowest BCUT2D eigenvalue weighted by Gasteiger charge is -2.44. The molecule has 2 aliphatic rings. The maximum Gasteiger partial charge on any atom is 0.0695 e. The van der Waals surface area contributed by atoms with Crippen LogP contribution in [-0.2, 0) is 0 Å². The number of hydrogen-bond acceptors (Lipinski definition) is 2. The Balaban J connectivity index is 2.04. The smallest absolute Gasteiger partial charge is 0.0695 e. The first-order chi connectivity index (χ1) is 9.61. The van der Waals surface area contributed by atoms with Gasteiger partial charge in [-0.15, -0.1) is 0 Å². The lowest BCUT2D eigenvalue weighted by Crippen LogP contribution is -2.52. The molecule has 2 rings (SSSR count). The molecule has 0 amide bonds. The fraction of sp³-hybridized carbons (Fsp3) is 1.00. The van der Waals surface area contributed by atoms with Gasteiger partial charge < -0.3 is 5.11 Å². The number of nitrogens with zero attached hydrogens (tertiary/aromatic N) is 1. The van der Waals surface area contributed by atoms with Crippen molar-refractivity contribution in [1.82, 2.24) is 4.90 Å². The molecule has 0 bridgehead atoms. The van der Waals surface area contributed by atoms with Gasteiger partial charge in [0.05, 0.1) is 6.10 Å². The van der Waals surface area contributed by atoms with E-state index in [0.29, 0.717) is 12.0 Å². The minimum Gasteiger partial charge on any atom is -0.391 e. The Morgan fingerprint density at radius 2 is 1.80 bits per heavy atom. The second-order valence-electron chi connectivity index (χ2n) is 7.63. The van der Waals surface area contributed by atoms with Gasteiger partial charge in [0.1, 0.15) is 0 Å². The second-order valence-corrected chi connectivity index (χ2v) is 7.63. The molecule has 0 aliphatic heterocycles. The van der Waals surface area contributed by atoms with Crippen LogP contribution >= 0.6 is 0 Å². The number of rotatable bonds is 6. The van der Waals surface area contributed by atoms with E-state index in [0.717, 1.165) is 18.4 Å². The predicted octanol–water partition coefficient (Wildman–Crippen LogP) is 4.22. The molecule has 0 saturated heterocycles. The number of aliphatic hydroxyl groups excluding tert-OH is 1. The van der Waals surface area contributed by atoms with Crippen LogP contribution in [0.25, 0.3) is 0 Å². The van der Waals surface area contributed by atoms with Crippen molar-refractivity contribution >= 4 is 0 Å². The molecule has 0 aromatic heterocycles. The molecular formula is C18H35NO. The molecule has 2 nitrogen and oxygen atoms in total. The van der Waals surface area contributed by atoms with E-state index >= 15 is 0 Å². The van der Waals surface area contributed by atoms with Crippen molar-refractivity contribution in [2.75, 3.05) is 6.54 Å². The van der Waals surface area contributed by atoms with Gasteiger partial charge in [0.15, 0.2) is 0 Å². The zero-order chi connectivity index (χ0) is 14.5. The van der Waals surface area contributed by atoms with Crippen LogP contribution in [0.5, 0.6) is 0 Å². The summed E-state index contributed by atoms with van der Waals surface area (Å²) in [6, 6.07) is 1.18. The summed E-state index contributed by atoms with van der Waals surface area (Å²) in [5, 5.41) is 10.6. The lowest BCUT2D eigenvalue weighted by molar-refractivity contribution is -0.0219. The topological polar surface area (TPSA) is 23.5 Å². The molecule has 3 atom stereocenters. The highest BCUT2D eigenvalue weighted by Gasteiger charge is 2.37. The summed E-state index contributed by atoms with van der Waals surface area (Å²) in [5.74, 6) is 1.55. The van der Waals surface area contributed by atoms with Crippen LogP contribution in [0.4, 0.5) is 0 Å². The Labute approximate surface area is 125 Å². The van der Waals surface area contributed by atoms with Gasteiger partial charge in [0.2, 0.25) is 0 Å². The molecule has 1 N–H and O–H groups in total. The first-order valence-corrected chi connectivity index (χ1v) is 9.05. The fourth-order valence-electron chi connectivity index (χ4n) is 4.45. The van der Waals surface area contributed by atoms with Gasteiger partial charge in [0, 0.05) is 18.6 Å². The van der Waals surface area contributed by atoms with Gasteiger partial charge in [-0.25, -0.2) is 0 Å². The molecule has 0 spiro atoms. The van der Waals surface area contributed by atoms with Crippen molar-refractivity contribution < 1.29 is 5.11 Å². The Kier molecular flexibility index (Phi) is 6.35. The maximum absolute atomic E-state index is 10.6. The minimum absolute atomic E-state index is 0.0811. The van der Waals surface area contributed by atoms with Gasteiger partial charge in [-0.3, -0.25) is 4.90 Å². The Morgan fingerprint density at radius 3 is 2.40 bits per heavy atom. The second kappa shape index (κ2) is 7.79. The predicted molar refractivity (Wildman–Crippen MR) is 85.8 cm³/mol. The van der Waals surface area contributed by atoms with Crippen molar-refractivity contribution in [3.8, 4) is 0 Å². The first kappa shape index (κ1) is 16.3. The average Bonchev–Trinajstić information content (AvgIpc) is 2.92. The van der Waals surface area contributed by atoms with Gasteiger partial charge >= 0.3 is 0 Å². The van der Waals surface area contributed by atoms with Crippen LogP contribution in [0.1, 0.15) is 78.6 Å². The lowest BCUT2D eigenvalue weighted by atomic mass is 9.80. The summed E-state index contributed by atoms with van der Waals surface area (Å²) in [6.45, 7) is 8.11. The van der Waals surface area contributed by atoms with Crippen LogP contribution in [0.3, 0.4) is 0 Å². The van der Waals surface area contributed by atoms with Crippen LogP contribution < -0.4 is 0 Å².